The van der Waals surface area contributed by atoms with E-state index in [0.29, 0.717) is 35.5 Å². The van der Waals surface area contributed by atoms with Crippen molar-refractivity contribution in [3.05, 3.63) is 105 Å². The lowest BCUT2D eigenvalue weighted by molar-refractivity contribution is -0.135. The van der Waals surface area contributed by atoms with E-state index in [1.54, 1.807) is 54.0 Å². The van der Waals surface area contributed by atoms with Crippen LogP contribution >= 0.6 is 22.9 Å². The minimum Gasteiger partial charge on any atom is -0.491 e. The molecule has 0 fully saturated rings. The van der Waals surface area contributed by atoms with Crippen molar-refractivity contribution < 1.29 is 18.7 Å². The van der Waals surface area contributed by atoms with E-state index in [1.807, 2.05) is 17.0 Å². The molecule has 7 nitrogen and oxygen atoms in total. The quantitative estimate of drug-likeness (QED) is 0.225. The van der Waals surface area contributed by atoms with Crippen molar-refractivity contribution in [2.45, 2.75) is 38.8 Å². The van der Waals surface area contributed by atoms with Gasteiger partial charge >= 0.3 is 6.03 Å². The second kappa shape index (κ2) is 12.6. The number of nitrogens with one attached hydrogen (secondary N) is 1. The predicted molar refractivity (Wildman–Crippen MR) is 158 cm³/mol. The van der Waals surface area contributed by atoms with Crippen molar-refractivity contribution in [3.8, 4) is 5.75 Å². The van der Waals surface area contributed by atoms with Crippen LogP contribution in [0.2, 0.25) is 5.02 Å². The Balaban J connectivity index is 1.33. The molecule has 1 N–H and O–H groups in total. The van der Waals surface area contributed by atoms with Crippen LogP contribution in [0.4, 0.5) is 10.5 Å². The lowest BCUT2D eigenvalue weighted by atomic mass is 10.00. The molecule has 5 rings (SSSR count). The maximum atomic E-state index is 13.8. The third-order valence-electron chi connectivity index (χ3n) is 6.99. The molecule has 1 aliphatic heterocycles. The van der Waals surface area contributed by atoms with Crippen LogP contribution < -0.4 is 10.1 Å². The van der Waals surface area contributed by atoms with E-state index in [9.17, 15) is 9.59 Å². The molecule has 3 heterocycles. The first-order chi connectivity index (χ1) is 19.4. The number of carbonyl (C=O) groups is 2. The Labute approximate surface area is 243 Å². The molecule has 1 unspecified atom stereocenters. The number of benzene rings is 2. The molecule has 208 valence electrons. The number of rotatable bonds is 9. The van der Waals surface area contributed by atoms with E-state index in [2.05, 4.69) is 42.7 Å². The first-order valence-corrected chi connectivity index (χ1v) is 14.6. The van der Waals surface area contributed by atoms with Gasteiger partial charge in [-0.3, -0.25) is 4.79 Å². The molecule has 4 aromatic rings. The fraction of sp³-hybridized carbons (Fsp3) is 0.290. The molecule has 0 saturated heterocycles. The molecule has 40 heavy (non-hydrogen) atoms. The summed E-state index contributed by atoms with van der Waals surface area (Å²) in [5.74, 6) is 1.62. The number of amides is 3. The van der Waals surface area contributed by atoms with Crippen molar-refractivity contribution in [2.75, 3.05) is 25.0 Å². The summed E-state index contributed by atoms with van der Waals surface area (Å²) in [7, 11) is 0. The van der Waals surface area contributed by atoms with Gasteiger partial charge in [-0.15, -0.1) is 11.3 Å². The molecule has 2 aromatic carbocycles. The van der Waals surface area contributed by atoms with E-state index in [0.717, 1.165) is 17.7 Å². The maximum absolute atomic E-state index is 13.8. The Hall–Kier alpha value is -3.75. The van der Waals surface area contributed by atoms with Crippen molar-refractivity contribution in [2.24, 2.45) is 0 Å². The monoisotopic (exact) mass is 577 g/mol. The number of thiophene rings is 1. The number of hydrogen-bond donors (Lipinski definition) is 1. The first kappa shape index (κ1) is 27.8. The number of nitrogens with zero attached hydrogens (tertiary/aromatic N) is 2. The highest BCUT2D eigenvalue weighted by Crippen LogP contribution is 2.34. The van der Waals surface area contributed by atoms with Gasteiger partial charge in [-0.2, -0.15) is 0 Å². The number of halogens is 1. The molecule has 0 spiro atoms. The van der Waals surface area contributed by atoms with Crippen LogP contribution in [0.15, 0.2) is 82.8 Å². The van der Waals surface area contributed by atoms with Gasteiger partial charge in [0, 0.05) is 22.1 Å². The second-order valence-electron chi connectivity index (χ2n) is 10.1. The maximum Gasteiger partial charge on any atom is 0.322 e. The normalized spacial score (nSPS) is 14.6. The molecule has 2 aromatic heterocycles. The van der Waals surface area contributed by atoms with Gasteiger partial charge < -0.3 is 24.3 Å². The average Bonchev–Trinajstić information content (AvgIpc) is 3.64. The summed E-state index contributed by atoms with van der Waals surface area (Å²) >= 11 is 7.80. The highest BCUT2D eigenvalue weighted by molar-refractivity contribution is 7.10. The molecule has 0 radical (unpaired) electrons. The summed E-state index contributed by atoms with van der Waals surface area (Å²) in [5, 5.41) is 5.42. The largest absolute Gasteiger partial charge is 0.491 e. The molecular weight excluding hydrogens is 546 g/mol. The zero-order valence-corrected chi connectivity index (χ0v) is 24.1. The molecule has 1 aliphatic rings. The topological polar surface area (TPSA) is 75.0 Å². The van der Waals surface area contributed by atoms with E-state index in [-0.39, 0.29) is 25.0 Å². The van der Waals surface area contributed by atoms with Crippen molar-refractivity contribution >= 4 is 40.6 Å². The van der Waals surface area contributed by atoms with Gasteiger partial charge in [-0.05, 0) is 77.4 Å². The number of hydrogen-bond acceptors (Lipinski definition) is 5. The van der Waals surface area contributed by atoms with Gasteiger partial charge in [0.15, 0.2) is 0 Å². The standard InChI is InChI=1S/C31H32ClN3O4S/c1-21(2)22-8-10-25(11-9-22)39-20-28-27-13-16-40-29(27)12-14-35(28)30(36)19-34(18-26-7-4-15-38-26)31(37)33-24-6-3-5-23(32)17-24/h3-11,13,15-17,21,28H,12,14,18-20H2,1-2H3,(H,33,37). The summed E-state index contributed by atoms with van der Waals surface area (Å²) in [4.78, 5) is 31.7. The minimum atomic E-state index is -0.418. The summed E-state index contributed by atoms with van der Waals surface area (Å²) < 4.78 is 11.7. The third-order valence-corrected chi connectivity index (χ3v) is 8.22. The van der Waals surface area contributed by atoms with E-state index >= 15 is 0 Å². The van der Waals surface area contributed by atoms with E-state index in [1.165, 1.54) is 15.3 Å². The average molecular weight is 578 g/mol. The zero-order chi connectivity index (χ0) is 28.1. The van der Waals surface area contributed by atoms with Crippen LogP contribution in [0.3, 0.4) is 0 Å². The lowest BCUT2D eigenvalue weighted by Crippen LogP contribution is -2.48. The smallest absolute Gasteiger partial charge is 0.322 e. The van der Waals surface area contributed by atoms with Crippen molar-refractivity contribution in [3.63, 3.8) is 0 Å². The van der Waals surface area contributed by atoms with Crippen LogP contribution in [-0.4, -0.2) is 41.4 Å². The van der Waals surface area contributed by atoms with Crippen molar-refractivity contribution in [1.29, 1.82) is 0 Å². The van der Waals surface area contributed by atoms with Gasteiger partial charge in [-0.25, -0.2) is 4.79 Å². The Bertz CT molecular complexity index is 1440. The summed E-state index contributed by atoms with van der Waals surface area (Å²) in [6.07, 6.45) is 2.32. The van der Waals surface area contributed by atoms with Gasteiger partial charge in [0.25, 0.3) is 0 Å². The zero-order valence-electron chi connectivity index (χ0n) is 22.5. The van der Waals surface area contributed by atoms with Crippen molar-refractivity contribution in [1.82, 2.24) is 9.80 Å². The summed E-state index contributed by atoms with van der Waals surface area (Å²) in [5.41, 5.74) is 2.89. The SMILES string of the molecule is CC(C)c1ccc(OCC2c3ccsc3CCN2C(=O)CN(Cc2ccco2)C(=O)Nc2cccc(Cl)c2)cc1. The molecule has 0 bridgehead atoms. The van der Waals surface area contributed by atoms with E-state index < -0.39 is 6.03 Å². The Morgan fingerprint density at radius 1 is 1.15 bits per heavy atom. The molecule has 9 heteroatoms. The first-order valence-electron chi connectivity index (χ1n) is 13.3. The second-order valence-corrected chi connectivity index (χ2v) is 11.5. The molecule has 0 aliphatic carbocycles. The number of anilines is 1. The highest BCUT2D eigenvalue weighted by Gasteiger charge is 2.33. The molecule has 3 amide bonds. The number of urea groups is 1. The van der Waals surface area contributed by atoms with E-state index in [4.69, 9.17) is 20.8 Å². The highest BCUT2D eigenvalue weighted by atomic mass is 35.5. The van der Waals surface area contributed by atoms with Crippen LogP contribution in [-0.2, 0) is 17.8 Å². The fourth-order valence-electron chi connectivity index (χ4n) is 4.81. The van der Waals surface area contributed by atoms with Crippen LogP contribution in [0.5, 0.6) is 5.75 Å². The van der Waals surface area contributed by atoms with Gasteiger partial charge in [-0.1, -0.05) is 43.6 Å². The summed E-state index contributed by atoms with van der Waals surface area (Å²) in [6.45, 7) is 5.21. The van der Waals surface area contributed by atoms with Crippen LogP contribution in [0.25, 0.3) is 0 Å². The number of fused-ring (bicyclic) bond motifs is 1. The third kappa shape index (κ3) is 6.69. The number of ether oxygens (including phenoxy) is 1. The van der Waals surface area contributed by atoms with Gasteiger partial charge in [0.05, 0.1) is 18.8 Å². The van der Waals surface area contributed by atoms with Gasteiger partial charge in [0.2, 0.25) is 5.91 Å². The fourth-order valence-corrected chi connectivity index (χ4v) is 5.93. The van der Waals surface area contributed by atoms with Crippen LogP contribution in [0.1, 0.15) is 47.6 Å². The molecule has 0 saturated carbocycles. The lowest BCUT2D eigenvalue weighted by Gasteiger charge is -2.37. The van der Waals surface area contributed by atoms with Gasteiger partial charge in [0.1, 0.15) is 24.7 Å². The predicted octanol–water partition coefficient (Wildman–Crippen LogP) is 7.36. The number of carbonyl (C=O) groups excluding carboxylic acids is 2. The Kier molecular flexibility index (Phi) is 8.77. The summed E-state index contributed by atoms with van der Waals surface area (Å²) in [6, 6.07) is 19.9. The number of furan rings is 1. The minimum absolute atomic E-state index is 0.119. The Morgan fingerprint density at radius 3 is 2.70 bits per heavy atom. The van der Waals surface area contributed by atoms with Crippen LogP contribution in [0, 0.1) is 0 Å². The molecule has 1 atom stereocenters. The molecular formula is C31H32ClN3O4S. The Morgan fingerprint density at radius 2 is 1.98 bits per heavy atom.